The number of halogens is 1. The van der Waals surface area contributed by atoms with E-state index in [0.717, 1.165) is 24.1 Å². The lowest BCUT2D eigenvalue weighted by Gasteiger charge is -2.05. The summed E-state index contributed by atoms with van der Waals surface area (Å²) in [5, 5.41) is 3.46. The molecule has 0 amide bonds. The number of nitrogens with one attached hydrogen (secondary N) is 1. The average Bonchev–Trinajstić information content (AvgIpc) is 2.89. The Bertz CT molecular complexity index is 437. The van der Waals surface area contributed by atoms with Gasteiger partial charge in [-0.1, -0.05) is 28.1 Å². The van der Waals surface area contributed by atoms with Gasteiger partial charge < -0.3 is 9.88 Å². The normalized spacial score (nSPS) is 10.7. The van der Waals surface area contributed by atoms with E-state index in [9.17, 15) is 0 Å². The van der Waals surface area contributed by atoms with Crippen molar-refractivity contribution in [3.63, 3.8) is 0 Å². The summed E-state index contributed by atoms with van der Waals surface area (Å²) < 4.78 is 3.25. The van der Waals surface area contributed by atoms with Gasteiger partial charge in [0.1, 0.15) is 0 Å². The Morgan fingerprint density at radius 1 is 1.17 bits per heavy atom. The fourth-order valence-corrected chi connectivity index (χ4v) is 2.06. The molecule has 2 aromatic rings. The molecule has 4 heteroatoms. The molecule has 0 saturated carbocycles. The summed E-state index contributed by atoms with van der Waals surface area (Å²) in [5.74, 6) is 0. The van der Waals surface area contributed by atoms with Crippen LogP contribution in [0, 0.1) is 0 Å². The zero-order valence-corrected chi connectivity index (χ0v) is 11.9. The van der Waals surface area contributed by atoms with Gasteiger partial charge in [-0.25, -0.2) is 4.98 Å². The number of imidazole rings is 1. The van der Waals surface area contributed by atoms with Gasteiger partial charge in [0.15, 0.2) is 0 Å². The molecule has 0 saturated heterocycles. The third-order valence-electron chi connectivity index (χ3n) is 2.82. The van der Waals surface area contributed by atoms with Gasteiger partial charge in [-0.3, -0.25) is 0 Å². The first-order chi connectivity index (χ1) is 8.84. The van der Waals surface area contributed by atoms with E-state index < -0.39 is 0 Å². The molecule has 0 aliphatic rings. The molecule has 0 radical (unpaired) electrons. The van der Waals surface area contributed by atoms with Gasteiger partial charge in [0.25, 0.3) is 0 Å². The molecular formula is C14H18BrN3. The minimum Gasteiger partial charge on any atom is -0.337 e. The highest BCUT2D eigenvalue weighted by Crippen LogP contribution is 2.10. The molecule has 0 fully saturated rings. The first kappa shape index (κ1) is 13.3. The van der Waals surface area contributed by atoms with E-state index in [-0.39, 0.29) is 0 Å². The second kappa shape index (κ2) is 7.34. The van der Waals surface area contributed by atoms with Crippen LogP contribution < -0.4 is 5.32 Å². The third-order valence-corrected chi connectivity index (χ3v) is 3.35. The molecule has 3 nitrogen and oxygen atoms in total. The van der Waals surface area contributed by atoms with Crippen LogP contribution in [-0.2, 0) is 13.1 Å². The zero-order valence-electron chi connectivity index (χ0n) is 10.3. The number of benzene rings is 1. The van der Waals surface area contributed by atoms with Crippen molar-refractivity contribution in [2.45, 2.75) is 25.9 Å². The quantitative estimate of drug-likeness (QED) is 0.796. The Balaban J connectivity index is 1.55. The standard InChI is InChI=1S/C14H18BrN3/c15-14-5-3-13(4-6-14)11-16-7-1-2-9-18-10-8-17-12-18/h3-6,8,10,12,16H,1-2,7,9,11H2. The maximum Gasteiger partial charge on any atom is 0.0945 e. The van der Waals surface area contributed by atoms with Crippen molar-refractivity contribution >= 4 is 15.9 Å². The largest absolute Gasteiger partial charge is 0.337 e. The summed E-state index contributed by atoms with van der Waals surface area (Å²) >= 11 is 3.44. The minimum absolute atomic E-state index is 0.943. The van der Waals surface area contributed by atoms with E-state index in [1.165, 1.54) is 18.4 Å². The highest BCUT2D eigenvalue weighted by atomic mass is 79.9. The molecule has 2 rings (SSSR count). The minimum atomic E-state index is 0.943. The molecule has 0 aliphatic carbocycles. The second-order valence-corrected chi connectivity index (χ2v) is 5.23. The Kier molecular flexibility index (Phi) is 5.42. The summed E-state index contributed by atoms with van der Waals surface area (Å²) in [6, 6.07) is 8.44. The molecule has 0 aliphatic heterocycles. The zero-order chi connectivity index (χ0) is 12.6. The molecule has 96 valence electrons. The smallest absolute Gasteiger partial charge is 0.0945 e. The molecule has 0 unspecified atom stereocenters. The Hall–Kier alpha value is -1.13. The van der Waals surface area contributed by atoms with Crippen molar-refractivity contribution in [2.75, 3.05) is 6.54 Å². The van der Waals surface area contributed by atoms with E-state index in [2.05, 4.69) is 55.1 Å². The third kappa shape index (κ3) is 4.63. The SMILES string of the molecule is Brc1ccc(CNCCCCn2ccnc2)cc1. The van der Waals surface area contributed by atoms with Crippen molar-refractivity contribution in [3.05, 3.63) is 53.0 Å². The number of unbranched alkanes of at least 4 members (excludes halogenated alkanes) is 1. The molecule has 1 aromatic heterocycles. The molecule has 1 heterocycles. The highest BCUT2D eigenvalue weighted by molar-refractivity contribution is 9.10. The Morgan fingerprint density at radius 2 is 2.00 bits per heavy atom. The molecule has 1 aromatic carbocycles. The summed E-state index contributed by atoms with van der Waals surface area (Å²) in [7, 11) is 0. The molecule has 18 heavy (non-hydrogen) atoms. The lowest BCUT2D eigenvalue weighted by molar-refractivity contribution is 0.568. The Labute approximate surface area is 116 Å². The van der Waals surface area contributed by atoms with Crippen molar-refractivity contribution in [1.29, 1.82) is 0 Å². The lowest BCUT2D eigenvalue weighted by atomic mass is 10.2. The molecule has 0 bridgehead atoms. The Morgan fingerprint density at radius 3 is 2.72 bits per heavy atom. The number of aromatic nitrogens is 2. The van der Waals surface area contributed by atoms with Gasteiger partial charge in [-0.15, -0.1) is 0 Å². The topological polar surface area (TPSA) is 29.9 Å². The van der Waals surface area contributed by atoms with Crippen molar-refractivity contribution in [2.24, 2.45) is 0 Å². The predicted octanol–water partition coefficient (Wildman–Crippen LogP) is 3.22. The summed E-state index contributed by atoms with van der Waals surface area (Å²) in [6.07, 6.45) is 8.08. The number of rotatable bonds is 7. The van der Waals surface area contributed by atoms with Crippen LogP contribution in [0.25, 0.3) is 0 Å². The number of nitrogens with zero attached hydrogens (tertiary/aromatic N) is 2. The first-order valence-electron chi connectivity index (χ1n) is 6.25. The van der Waals surface area contributed by atoms with E-state index in [1.807, 2.05) is 18.7 Å². The van der Waals surface area contributed by atoms with E-state index in [1.54, 1.807) is 0 Å². The highest BCUT2D eigenvalue weighted by Gasteiger charge is 1.94. The van der Waals surface area contributed by atoms with Gasteiger partial charge in [0.05, 0.1) is 6.33 Å². The van der Waals surface area contributed by atoms with Crippen LogP contribution >= 0.6 is 15.9 Å². The predicted molar refractivity (Wildman–Crippen MR) is 77.3 cm³/mol. The van der Waals surface area contributed by atoms with E-state index in [4.69, 9.17) is 0 Å². The summed E-state index contributed by atoms with van der Waals surface area (Å²) in [5.41, 5.74) is 1.33. The second-order valence-electron chi connectivity index (χ2n) is 4.31. The van der Waals surface area contributed by atoms with Crippen LogP contribution in [0.1, 0.15) is 18.4 Å². The van der Waals surface area contributed by atoms with Crippen LogP contribution in [0.5, 0.6) is 0 Å². The monoisotopic (exact) mass is 307 g/mol. The lowest BCUT2D eigenvalue weighted by Crippen LogP contribution is -2.15. The van der Waals surface area contributed by atoms with Crippen molar-refractivity contribution in [1.82, 2.24) is 14.9 Å². The van der Waals surface area contributed by atoms with Crippen molar-refractivity contribution < 1.29 is 0 Å². The van der Waals surface area contributed by atoms with Gasteiger partial charge in [-0.2, -0.15) is 0 Å². The molecule has 0 atom stereocenters. The number of hydrogen-bond donors (Lipinski definition) is 1. The van der Waals surface area contributed by atoms with Crippen LogP contribution in [-0.4, -0.2) is 16.1 Å². The fourth-order valence-electron chi connectivity index (χ4n) is 1.80. The van der Waals surface area contributed by atoms with E-state index >= 15 is 0 Å². The van der Waals surface area contributed by atoms with Gasteiger partial charge in [0, 0.05) is 30.0 Å². The van der Waals surface area contributed by atoms with Crippen LogP contribution in [0.4, 0.5) is 0 Å². The van der Waals surface area contributed by atoms with Crippen molar-refractivity contribution in [3.8, 4) is 0 Å². The molecular weight excluding hydrogens is 290 g/mol. The van der Waals surface area contributed by atoms with Gasteiger partial charge >= 0.3 is 0 Å². The molecule has 0 spiro atoms. The summed E-state index contributed by atoms with van der Waals surface area (Å²) in [6.45, 7) is 3.06. The maximum absolute atomic E-state index is 4.03. The average molecular weight is 308 g/mol. The first-order valence-corrected chi connectivity index (χ1v) is 7.05. The number of hydrogen-bond acceptors (Lipinski definition) is 2. The van der Waals surface area contributed by atoms with Crippen LogP contribution in [0.15, 0.2) is 47.5 Å². The van der Waals surface area contributed by atoms with Gasteiger partial charge in [-0.05, 0) is 37.1 Å². The van der Waals surface area contributed by atoms with E-state index in [0.29, 0.717) is 0 Å². The maximum atomic E-state index is 4.03. The molecule has 1 N–H and O–H groups in total. The fraction of sp³-hybridized carbons (Fsp3) is 0.357. The van der Waals surface area contributed by atoms with Crippen LogP contribution in [0.2, 0.25) is 0 Å². The number of aryl methyl sites for hydroxylation is 1. The van der Waals surface area contributed by atoms with Crippen LogP contribution in [0.3, 0.4) is 0 Å². The summed E-state index contributed by atoms with van der Waals surface area (Å²) in [4.78, 5) is 4.03. The van der Waals surface area contributed by atoms with Gasteiger partial charge in [0.2, 0.25) is 0 Å².